The summed E-state index contributed by atoms with van der Waals surface area (Å²) in [5, 5.41) is 0. The Morgan fingerprint density at radius 3 is 1.32 bits per heavy atom. The molecule has 2 radical (unpaired) electrons. The van der Waals surface area contributed by atoms with Crippen LogP contribution in [0.2, 0.25) is 0 Å². The zero-order chi connectivity index (χ0) is 19.7. The summed E-state index contributed by atoms with van der Waals surface area (Å²) >= 11 is 0. The number of hydrogen-bond donors (Lipinski definition) is 0. The van der Waals surface area contributed by atoms with Crippen LogP contribution in [0.4, 0.5) is 17.6 Å². The van der Waals surface area contributed by atoms with Gasteiger partial charge in [0.05, 0.1) is 0 Å². The summed E-state index contributed by atoms with van der Waals surface area (Å²) in [6.45, 7) is 11.7. The quantitative estimate of drug-likeness (QED) is 0.246. The van der Waals surface area contributed by atoms with Gasteiger partial charge in [-0.25, -0.2) is 8.78 Å². The van der Waals surface area contributed by atoms with Crippen molar-refractivity contribution in [1.82, 2.24) is 0 Å². The van der Waals surface area contributed by atoms with Gasteiger partial charge in [0.25, 0.3) is 0 Å². The third kappa shape index (κ3) is 7.36. The van der Waals surface area contributed by atoms with Gasteiger partial charge >= 0.3 is 0 Å². The topological polar surface area (TPSA) is 18.5 Å². The molecule has 146 valence electrons. The van der Waals surface area contributed by atoms with Crippen LogP contribution in [0.3, 0.4) is 0 Å². The van der Waals surface area contributed by atoms with Crippen molar-refractivity contribution >= 4 is 0 Å². The van der Waals surface area contributed by atoms with Gasteiger partial charge in [0, 0.05) is 76.5 Å². The Morgan fingerprint density at radius 1 is 0.714 bits per heavy atom. The maximum Gasteiger partial charge on any atom is 0.201 e. The molecule has 0 aliphatic rings. The van der Waals surface area contributed by atoms with E-state index >= 15 is 0 Å². The van der Waals surface area contributed by atoms with E-state index in [4.69, 9.17) is 9.47 Å². The van der Waals surface area contributed by atoms with Gasteiger partial charge in [0.1, 0.15) is 13.2 Å². The molecule has 2 rings (SSSR count). The molecule has 0 unspecified atom stereocenters. The van der Waals surface area contributed by atoms with Crippen LogP contribution in [0.15, 0.2) is 49.6 Å². The summed E-state index contributed by atoms with van der Waals surface area (Å²) < 4.78 is 66.2. The molecular weight excluding hydrogens is 526 g/mol. The first-order valence-electron chi connectivity index (χ1n) is 7.65. The Kier molecular flexibility index (Phi) is 16.2. The molecule has 0 saturated heterocycles. The Morgan fingerprint density at radius 2 is 1.04 bits per heavy atom. The second-order valence-electron chi connectivity index (χ2n) is 4.68. The SMILES string of the molecule is C=CCOc1ccc(-c2ccc(OCC=C)c(F)c2F)c(F)c1F.[CH2-]C.[Y].[Y]. The molecule has 2 aromatic rings. The average molecular weight is 545 g/mol. The van der Waals surface area contributed by atoms with E-state index in [-0.39, 0.29) is 90.1 Å². The summed E-state index contributed by atoms with van der Waals surface area (Å²) in [5.74, 6) is -5.95. The summed E-state index contributed by atoms with van der Waals surface area (Å²) in [7, 11) is 0. The molecule has 0 amide bonds. The Bertz CT molecular complexity index is 718. The van der Waals surface area contributed by atoms with Crippen molar-refractivity contribution in [2.24, 2.45) is 0 Å². The molecule has 28 heavy (non-hydrogen) atoms. The van der Waals surface area contributed by atoms with Crippen LogP contribution in [0.25, 0.3) is 11.1 Å². The van der Waals surface area contributed by atoms with E-state index in [9.17, 15) is 17.6 Å². The van der Waals surface area contributed by atoms with Crippen molar-refractivity contribution < 1.29 is 92.5 Å². The van der Waals surface area contributed by atoms with Crippen molar-refractivity contribution in [1.29, 1.82) is 0 Å². The van der Waals surface area contributed by atoms with Crippen LogP contribution >= 0.6 is 0 Å². The summed E-state index contributed by atoms with van der Waals surface area (Å²) in [6, 6.07) is 4.49. The molecule has 2 aromatic carbocycles. The van der Waals surface area contributed by atoms with Gasteiger partial charge in [-0.2, -0.15) is 15.7 Å². The van der Waals surface area contributed by atoms with E-state index in [0.717, 1.165) is 24.3 Å². The van der Waals surface area contributed by atoms with Crippen molar-refractivity contribution in [2.45, 2.75) is 6.92 Å². The standard InChI is InChI=1S/C18H14F4O2.C2H5.2Y/c1-3-9-23-13-7-5-11(15(19)17(13)21)12-6-8-14(24-10-4-2)18(22)16(12)20;1-2;;/h3-8H,1-2,9-10H2;1H2,2H3;;/q;-1;;. The molecule has 0 bridgehead atoms. The summed E-state index contributed by atoms with van der Waals surface area (Å²) in [6.07, 6.45) is 2.73. The Hall–Kier alpha value is -0.552. The smallest absolute Gasteiger partial charge is 0.201 e. The van der Waals surface area contributed by atoms with E-state index in [1.165, 1.54) is 12.2 Å². The number of rotatable bonds is 7. The summed E-state index contributed by atoms with van der Waals surface area (Å²) in [4.78, 5) is 0. The largest absolute Gasteiger partial charge is 0.486 e. The fourth-order valence-electron chi connectivity index (χ4n) is 2.00. The summed E-state index contributed by atoms with van der Waals surface area (Å²) in [5.41, 5.74) is -0.852. The molecule has 0 aliphatic carbocycles. The molecule has 0 saturated carbocycles. The van der Waals surface area contributed by atoms with Gasteiger partial charge in [-0.3, -0.25) is 0 Å². The van der Waals surface area contributed by atoms with Crippen molar-refractivity contribution in [3.63, 3.8) is 0 Å². The fraction of sp³-hybridized carbons (Fsp3) is 0.150. The molecule has 0 aliphatic heterocycles. The maximum absolute atomic E-state index is 14.2. The van der Waals surface area contributed by atoms with Crippen LogP contribution in [0.1, 0.15) is 6.92 Å². The number of halogens is 4. The van der Waals surface area contributed by atoms with Crippen LogP contribution in [0.5, 0.6) is 11.5 Å². The first kappa shape index (κ1) is 29.6. The normalized spacial score (nSPS) is 9.07. The second-order valence-corrected chi connectivity index (χ2v) is 4.68. The molecule has 0 fully saturated rings. The third-order valence-electron chi connectivity index (χ3n) is 3.10. The van der Waals surface area contributed by atoms with E-state index in [2.05, 4.69) is 20.1 Å². The third-order valence-corrected chi connectivity index (χ3v) is 3.10. The van der Waals surface area contributed by atoms with Gasteiger partial charge in [0.15, 0.2) is 23.1 Å². The van der Waals surface area contributed by atoms with Crippen molar-refractivity contribution in [3.05, 3.63) is 79.8 Å². The Labute approximate surface area is 213 Å². The zero-order valence-electron chi connectivity index (χ0n) is 15.5. The molecule has 0 heterocycles. The number of benzene rings is 2. The minimum Gasteiger partial charge on any atom is -0.486 e. The molecule has 0 atom stereocenters. The molecule has 8 heteroatoms. The predicted octanol–water partition coefficient (Wildman–Crippen LogP) is 5.87. The second kappa shape index (κ2) is 15.3. The van der Waals surface area contributed by atoms with Gasteiger partial charge in [-0.15, -0.1) is 0 Å². The average Bonchev–Trinajstić information content (AvgIpc) is 2.66. The van der Waals surface area contributed by atoms with Gasteiger partial charge in [0.2, 0.25) is 11.6 Å². The first-order valence-corrected chi connectivity index (χ1v) is 7.65. The molecule has 0 spiro atoms. The van der Waals surface area contributed by atoms with Crippen LogP contribution in [-0.2, 0) is 65.4 Å². The maximum atomic E-state index is 14.2. The minimum atomic E-state index is -1.34. The van der Waals surface area contributed by atoms with Crippen LogP contribution in [-0.4, -0.2) is 13.2 Å². The molecule has 0 aromatic heterocycles. The van der Waals surface area contributed by atoms with E-state index in [1.807, 2.05) is 0 Å². The van der Waals surface area contributed by atoms with Gasteiger partial charge in [-0.1, -0.05) is 25.3 Å². The molecular formula is C20H19F4O2Y2-. The first-order chi connectivity index (χ1) is 12.5. The van der Waals surface area contributed by atoms with Crippen molar-refractivity contribution in [3.8, 4) is 22.6 Å². The van der Waals surface area contributed by atoms with Gasteiger partial charge in [-0.05, 0) is 24.3 Å². The van der Waals surface area contributed by atoms with E-state index in [1.54, 1.807) is 6.92 Å². The monoisotopic (exact) mass is 545 g/mol. The van der Waals surface area contributed by atoms with E-state index in [0.29, 0.717) is 0 Å². The van der Waals surface area contributed by atoms with Crippen LogP contribution < -0.4 is 9.47 Å². The zero-order valence-corrected chi connectivity index (χ0v) is 21.2. The molecule has 0 N–H and O–H groups in total. The predicted molar refractivity (Wildman–Crippen MR) is 94.1 cm³/mol. The van der Waals surface area contributed by atoms with Gasteiger partial charge < -0.3 is 16.4 Å². The number of ether oxygens (including phenoxy) is 2. The minimum absolute atomic E-state index is 0. The van der Waals surface area contributed by atoms with Crippen LogP contribution in [0, 0.1) is 30.2 Å². The van der Waals surface area contributed by atoms with Crippen molar-refractivity contribution in [2.75, 3.05) is 13.2 Å². The molecule has 2 nitrogen and oxygen atoms in total. The number of hydrogen-bond acceptors (Lipinski definition) is 2. The fourth-order valence-corrected chi connectivity index (χ4v) is 2.00. The van der Waals surface area contributed by atoms with E-state index < -0.39 is 34.4 Å². The Balaban J connectivity index is 0.